The molecule has 106 valence electrons. The molecule has 0 aliphatic heterocycles. The van der Waals surface area contributed by atoms with Crippen molar-refractivity contribution >= 4 is 27.8 Å². The number of azo groups is 1. The van der Waals surface area contributed by atoms with Crippen LogP contribution in [0.1, 0.15) is 0 Å². The number of nitrogens with zero attached hydrogens (tertiary/aromatic N) is 2. The Balaban J connectivity index is 2.56. The molecule has 0 aliphatic carbocycles. The molecule has 1 N–H and O–H groups in total. The van der Waals surface area contributed by atoms with Gasteiger partial charge in [0.25, 0.3) is 0 Å². The standard InChI is InChI=1S/C9H12N2O6S2/c1-10-11-8-2-4-9(5-3-8)19(13,14)7-6-15-18-17-16-12/h2-5,12H,6-7H2,1H3/b11-10+. The molecule has 0 spiro atoms. The molecule has 0 aromatic heterocycles. The summed E-state index contributed by atoms with van der Waals surface area (Å²) in [6.07, 6.45) is 0. The van der Waals surface area contributed by atoms with Gasteiger partial charge in [0.2, 0.25) is 0 Å². The summed E-state index contributed by atoms with van der Waals surface area (Å²) in [6.45, 7) is -0.118. The highest BCUT2D eigenvalue weighted by molar-refractivity contribution is 7.91. The van der Waals surface area contributed by atoms with E-state index >= 15 is 0 Å². The Morgan fingerprint density at radius 3 is 2.58 bits per heavy atom. The van der Waals surface area contributed by atoms with Gasteiger partial charge < -0.3 is 0 Å². The number of hydrogen-bond donors (Lipinski definition) is 1. The van der Waals surface area contributed by atoms with Crippen molar-refractivity contribution in [2.24, 2.45) is 10.2 Å². The van der Waals surface area contributed by atoms with Gasteiger partial charge in [0.05, 0.1) is 22.9 Å². The Hall–Kier alpha value is -1.04. The van der Waals surface area contributed by atoms with Crippen molar-refractivity contribution in [3.05, 3.63) is 24.3 Å². The van der Waals surface area contributed by atoms with Gasteiger partial charge in [-0.3, -0.25) is 4.18 Å². The molecule has 0 atom stereocenters. The smallest absolute Gasteiger partial charge is 0.197 e. The van der Waals surface area contributed by atoms with E-state index < -0.39 is 9.84 Å². The molecule has 8 nitrogen and oxygen atoms in total. The van der Waals surface area contributed by atoms with Gasteiger partial charge >= 0.3 is 0 Å². The molecule has 1 aromatic rings. The van der Waals surface area contributed by atoms with E-state index in [0.29, 0.717) is 18.0 Å². The zero-order chi connectivity index (χ0) is 14.1. The molecular formula is C9H12N2O6S2. The Morgan fingerprint density at radius 1 is 1.32 bits per heavy atom. The van der Waals surface area contributed by atoms with Crippen LogP contribution in [-0.2, 0) is 23.4 Å². The number of sulfone groups is 1. The van der Waals surface area contributed by atoms with Gasteiger partial charge in [-0.25, -0.2) is 13.7 Å². The third kappa shape index (κ3) is 5.63. The minimum atomic E-state index is -3.45. The summed E-state index contributed by atoms with van der Waals surface area (Å²) >= 11 is 0.334. The van der Waals surface area contributed by atoms with Gasteiger partial charge in [-0.15, -0.1) is 4.33 Å². The fourth-order valence-corrected chi connectivity index (χ4v) is 2.57. The molecule has 0 radical (unpaired) electrons. The fraction of sp³-hybridized carbons (Fsp3) is 0.333. The van der Waals surface area contributed by atoms with Gasteiger partial charge in [-0.05, 0) is 24.3 Å². The van der Waals surface area contributed by atoms with Crippen LogP contribution in [-0.4, -0.2) is 33.1 Å². The predicted molar refractivity (Wildman–Crippen MR) is 67.3 cm³/mol. The van der Waals surface area contributed by atoms with E-state index in [1.165, 1.54) is 19.2 Å². The first-order valence-corrected chi connectivity index (χ1v) is 7.31. The summed E-state index contributed by atoms with van der Waals surface area (Å²) in [5.41, 5.74) is 0.571. The van der Waals surface area contributed by atoms with Crippen LogP contribution in [0, 0.1) is 0 Å². The number of rotatable bonds is 8. The Labute approximate surface area is 114 Å². The third-order valence-electron chi connectivity index (χ3n) is 1.95. The van der Waals surface area contributed by atoms with Crippen molar-refractivity contribution in [1.29, 1.82) is 0 Å². The molecule has 0 amide bonds. The van der Waals surface area contributed by atoms with Crippen LogP contribution in [0.25, 0.3) is 0 Å². The molecule has 0 heterocycles. The van der Waals surface area contributed by atoms with Crippen LogP contribution >= 0.6 is 12.3 Å². The highest BCUT2D eigenvalue weighted by Gasteiger charge is 2.14. The average Bonchev–Trinajstić information content (AvgIpc) is 2.39. The zero-order valence-corrected chi connectivity index (χ0v) is 11.6. The lowest BCUT2D eigenvalue weighted by molar-refractivity contribution is -0.434. The molecule has 19 heavy (non-hydrogen) atoms. The SMILES string of the molecule is C/N=N/c1ccc(S(=O)(=O)CCOSOOO)cc1. The minimum absolute atomic E-state index is 0.118. The Morgan fingerprint density at radius 2 is 2.00 bits per heavy atom. The van der Waals surface area contributed by atoms with E-state index in [-0.39, 0.29) is 17.3 Å². The summed E-state index contributed by atoms with van der Waals surface area (Å²) in [7, 11) is -1.92. The summed E-state index contributed by atoms with van der Waals surface area (Å²) in [4.78, 5) is 0.162. The summed E-state index contributed by atoms with van der Waals surface area (Å²) in [6, 6.07) is 6.00. The van der Waals surface area contributed by atoms with Gasteiger partial charge in [-0.1, -0.05) is 5.04 Å². The molecule has 10 heteroatoms. The highest BCUT2D eigenvalue weighted by Crippen LogP contribution is 2.18. The van der Waals surface area contributed by atoms with E-state index in [0.717, 1.165) is 0 Å². The molecule has 0 aliphatic rings. The molecule has 0 unspecified atom stereocenters. The maximum atomic E-state index is 11.9. The topological polar surface area (TPSA) is 107 Å². The number of benzene rings is 1. The minimum Gasteiger partial charge on any atom is -0.288 e. The molecule has 1 rings (SSSR count). The summed E-state index contributed by atoms with van der Waals surface area (Å²) < 4.78 is 32.4. The maximum absolute atomic E-state index is 11.9. The predicted octanol–water partition coefficient (Wildman–Crippen LogP) is 2.17. The first-order valence-electron chi connectivity index (χ1n) is 4.99. The van der Waals surface area contributed by atoms with Crippen LogP contribution in [0.4, 0.5) is 5.69 Å². The van der Waals surface area contributed by atoms with E-state index in [4.69, 9.17) is 9.44 Å². The lowest BCUT2D eigenvalue weighted by Gasteiger charge is -2.04. The van der Waals surface area contributed by atoms with Crippen molar-refractivity contribution in [1.82, 2.24) is 0 Å². The first-order chi connectivity index (χ1) is 9.10. The fourth-order valence-electron chi connectivity index (χ4n) is 1.16. The van der Waals surface area contributed by atoms with E-state index in [2.05, 4.69) is 19.6 Å². The Bertz CT molecular complexity index is 502. The van der Waals surface area contributed by atoms with E-state index in [1.54, 1.807) is 12.1 Å². The quantitative estimate of drug-likeness (QED) is 0.258. The molecule has 0 fully saturated rings. The lowest BCUT2D eigenvalue weighted by atomic mass is 10.3. The molecule has 0 saturated carbocycles. The van der Waals surface area contributed by atoms with Crippen molar-refractivity contribution in [2.75, 3.05) is 19.4 Å². The number of hydrogen-bond acceptors (Lipinski definition) is 9. The molecule has 1 aromatic carbocycles. The summed E-state index contributed by atoms with van der Waals surface area (Å²) in [5.74, 6) is -0.233. The lowest BCUT2D eigenvalue weighted by Crippen LogP contribution is -2.10. The van der Waals surface area contributed by atoms with Crippen LogP contribution < -0.4 is 0 Å². The second kappa shape index (κ2) is 8.19. The monoisotopic (exact) mass is 308 g/mol. The van der Waals surface area contributed by atoms with E-state index in [1.807, 2.05) is 0 Å². The van der Waals surface area contributed by atoms with Crippen LogP contribution in [0.2, 0.25) is 0 Å². The second-order valence-corrected chi connectivity index (χ2v) is 5.76. The summed E-state index contributed by atoms with van der Waals surface area (Å²) in [5, 5.41) is 18.4. The van der Waals surface area contributed by atoms with Crippen LogP contribution in [0.15, 0.2) is 39.4 Å². The second-order valence-electron chi connectivity index (χ2n) is 3.15. The Kier molecular flexibility index (Phi) is 6.91. The molecule has 0 bridgehead atoms. The van der Waals surface area contributed by atoms with Crippen molar-refractivity contribution < 1.29 is 27.2 Å². The van der Waals surface area contributed by atoms with Crippen LogP contribution in [0.3, 0.4) is 0 Å². The third-order valence-corrected chi connectivity index (χ3v) is 4.03. The highest BCUT2D eigenvalue weighted by atomic mass is 32.2. The zero-order valence-electron chi connectivity index (χ0n) is 9.92. The van der Waals surface area contributed by atoms with Crippen molar-refractivity contribution in [3.8, 4) is 0 Å². The van der Waals surface area contributed by atoms with Gasteiger partial charge in [-0.2, -0.15) is 10.2 Å². The normalized spacial score (nSPS) is 12.1. The van der Waals surface area contributed by atoms with Crippen molar-refractivity contribution in [3.63, 3.8) is 0 Å². The average molecular weight is 308 g/mol. The van der Waals surface area contributed by atoms with Gasteiger partial charge in [0.1, 0.15) is 0 Å². The van der Waals surface area contributed by atoms with Gasteiger partial charge in [0.15, 0.2) is 22.2 Å². The van der Waals surface area contributed by atoms with E-state index in [9.17, 15) is 8.42 Å². The van der Waals surface area contributed by atoms with Gasteiger partial charge in [0, 0.05) is 7.05 Å². The van der Waals surface area contributed by atoms with Crippen LogP contribution in [0.5, 0.6) is 0 Å². The maximum Gasteiger partial charge on any atom is 0.197 e. The largest absolute Gasteiger partial charge is 0.288 e. The first kappa shape index (κ1) is 16.0. The van der Waals surface area contributed by atoms with Crippen molar-refractivity contribution in [2.45, 2.75) is 4.90 Å². The molecule has 0 saturated heterocycles. The molecular weight excluding hydrogens is 296 g/mol.